The van der Waals surface area contributed by atoms with Crippen LogP contribution in [-0.2, 0) is 0 Å². The number of fused-ring (bicyclic) bond motifs is 1. The van der Waals surface area contributed by atoms with Crippen molar-refractivity contribution < 1.29 is 9.84 Å². The Kier molecular flexibility index (Phi) is 4.53. The smallest absolute Gasteiger partial charge is 0.157 e. The lowest BCUT2D eigenvalue weighted by Crippen LogP contribution is -2.32. The highest BCUT2D eigenvalue weighted by Gasteiger charge is 2.37. The molecule has 0 amide bonds. The largest absolute Gasteiger partial charge is 0.484 e. The fourth-order valence-electron chi connectivity index (χ4n) is 3.54. The molecule has 2 saturated carbocycles. The average molecular weight is 292 g/mol. The van der Waals surface area contributed by atoms with E-state index in [-0.39, 0.29) is 12.2 Å². The van der Waals surface area contributed by atoms with E-state index in [9.17, 15) is 5.11 Å². The van der Waals surface area contributed by atoms with Crippen LogP contribution >= 0.6 is 0 Å². The van der Waals surface area contributed by atoms with E-state index in [1.54, 1.807) is 6.20 Å². The average Bonchev–Trinajstić information content (AvgIpc) is 3.01. The molecule has 0 unspecified atom stereocenters. The Morgan fingerprint density at radius 2 is 1.90 bits per heavy atom. The van der Waals surface area contributed by atoms with Crippen molar-refractivity contribution in [3.05, 3.63) is 12.4 Å². The minimum atomic E-state index is -0.345. The van der Waals surface area contributed by atoms with Crippen molar-refractivity contribution in [1.82, 2.24) is 9.78 Å². The monoisotopic (exact) mass is 292 g/mol. The molecule has 0 saturated heterocycles. The molecule has 2 fully saturated rings. The summed E-state index contributed by atoms with van der Waals surface area (Å²) < 4.78 is 7.95. The van der Waals surface area contributed by atoms with E-state index in [4.69, 9.17) is 4.74 Å². The van der Waals surface area contributed by atoms with Gasteiger partial charge in [0.05, 0.1) is 18.5 Å². The number of ether oxygens (including phenoxy) is 1. The predicted molar refractivity (Wildman–Crippen MR) is 82.3 cm³/mol. The second-order valence-electron chi connectivity index (χ2n) is 7.09. The molecule has 4 nitrogen and oxygen atoms in total. The van der Waals surface area contributed by atoms with E-state index >= 15 is 0 Å². The maximum absolute atomic E-state index is 10.4. The molecule has 0 radical (unpaired) electrons. The summed E-state index contributed by atoms with van der Waals surface area (Å²) in [6.45, 7) is 4.20. The third kappa shape index (κ3) is 3.79. The molecule has 0 aromatic carbocycles. The Bertz CT molecular complexity index is 457. The molecule has 1 aromatic heterocycles. The molecule has 2 aliphatic carbocycles. The maximum Gasteiger partial charge on any atom is 0.157 e. The Hall–Kier alpha value is -1.03. The lowest BCUT2D eigenvalue weighted by Gasteiger charge is -2.24. The number of nitrogens with zero attached hydrogens (tertiary/aromatic N) is 2. The quantitative estimate of drug-likeness (QED) is 0.926. The molecule has 0 bridgehead atoms. The van der Waals surface area contributed by atoms with Crippen LogP contribution in [0.2, 0.25) is 0 Å². The summed E-state index contributed by atoms with van der Waals surface area (Å²) in [5.74, 6) is 2.71. The number of rotatable bonds is 3. The summed E-state index contributed by atoms with van der Waals surface area (Å²) in [7, 11) is 0. The van der Waals surface area contributed by atoms with E-state index in [2.05, 4.69) is 18.9 Å². The van der Waals surface area contributed by atoms with E-state index < -0.39 is 0 Å². The van der Waals surface area contributed by atoms with Gasteiger partial charge in [-0.1, -0.05) is 19.3 Å². The molecule has 3 rings (SSSR count). The molecule has 2 aliphatic rings. The zero-order valence-corrected chi connectivity index (χ0v) is 13.2. The second kappa shape index (κ2) is 6.39. The summed E-state index contributed by atoms with van der Waals surface area (Å²) in [4.78, 5) is 0. The van der Waals surface area contributed by atoms with E-state index in [1.165, 1.54) is 25.7 Å². The molecule has 4 atom stereocenters. The first-order valence-corrected chi connectivity index (χ1v) is 8.52. The van der Waals surface area contributed by atoms with Crippen molar-refractivity contribution in [3.63, 3.8) is 0 Å². The molecule has 0 aliphatic heterocycles. The molecular weight excluding hydrogens is 264 g/mol. The number of aliphatic hydroxyl groups is 1. The molecule has 1 heterocycles. The molecule has 0 spiro atoms. The zero-order valence-electron chi connectivity index (χ0n) is 13.2. The van der Waals surface area contributed by atoms with Crippen LogP contribution in [0.15, 0.2) is 12.4 Å². The van der Waals surface area contributed by atoms with Crippen molar-refractivity contribution >= 4 is 0 Å². The van der Waals surface area contributed by atoms with Crippen LogP contribution < -0.4 is 4.74 Å². The van der Waals surface area contributed by atoms with Gasteiger partial charge in [0.1, 0.15) is 6.10 Å². The van der Waals surface area contributed by atoms with Gasteiger partial charge in [0.15, 0.2) is 5.75 Å². The molecular formula is C17H28N2O2. The third-order valence-corrected chi connectivity index (χ3v) is 5.03. The minimum absolute atomic E-state index is 0.0786. The van der Waals surface area contributed by atoms with Crippen LogP contribution in [0.5, 0.6) is 5.75 Å². The lowest BCUT2D eigenvalue weighted by atomic mass is 9.97. The normalized spacial score (nSPS) is 33.5. The molecule has 4 heteroatoms. The van der Waals surface area contributed by atoms with Gasteiger partial charge in [0.2, 0.25) is 0 Å². The van der Waals surface area contributed by atoms with Crippen molar-refractivity contribution in [2.75, 3.05) is 0 Å². The van der Waals surface area contributed by atoms with E-state index in [1.807, 2.05) is 10.9 Å². The predicted octanol–water partition coefficient (Wildman–Crippen LogP) is 3.56. The Morgan fingerprint density at radius 3 is 2.57 bits per heavy atom. The van der Waals surface area contributed by atoms with Crippen molar-refractivity contribution in [2.45, 2.75) is 77.0 Å². The summed E-state index contributed by atoms with van der Waals surface area (Å²) in [6.07, 6.45) is 11.4. The Morgan fingerprint density at radius 1 is 1.19 bits per heavy atom. The first kappa shape index (κ1) is 14.9. The maximum atomic E-state index is 10.4. The van der Waals surface area contributed by atoms with Crippen LogP contribution in [0, 0.1) is 11.8 Å². The van der Waals surface area contributed by atoms with Gasteiger partial charge in [-0.15, -0.1) is 0 Å². The highest BCUT2D eigenvalue weighted by Crippen LogP contribution is 2.46. The summed E-state index contributed by atoms with van der Waals surface area (Å²) in [6, 6.07) is 0.336. The van der Waals surface area contributed by atoms with Gasteiger partial charge in [-0.25, -0.2) is 0 Å². The van der Waals surface area contributed by atoms with Crippen molar-refractivity contribution in [1.29, 1.82) is 0 Å². The van der Waals surface area contributed by atoms with Gasteiger partial charge < -0.3 is 9.84 Å². The Labute approximate surface area is 127 Å². The second-order valence-corrected chi connectivity index (χ2v) is 7.09. The van der Waals surface area contributed by atoms with Gasteiger partial charge >= 0.3 is 0 Å². The lowest BCUT2D eigenvalue weighted by molar-refractivity contribution is 0.0216. The minimum Gasteiger partial charge on any atom is -0.484 e. The number of aliphatic hydroxyl groups excluding tert-OH is 1. The first-order chi connectivity index (χ1) is 10.1. The highest BCUT2D eigenvalue weighted by atomic mass is 16.5. The zero-order chi connectivity index (χ0) is 14.8. The first-order valence-electron chi connectivity index (χ1n) is 8.52. The van der Waals surface area contributed by atoms with Gasteiger partial charge in [0, 0.05) is 6.04 Å². The fraction of sp³-hybridized carbons (Fsp3) is 0.824. The molecule has 1 aromatic rings. The number of aromatic nitrogens is 2. The highest BCUT2D eigenvalue weighted by molar-refractivity contribution is 5.13. The van der Waals surface area contributed by atoms with Gasteiger partial charge in [0.25, 0.3) is 0 Å². The topological polar surface area (TPSA) is 47.3 Å². The van der Waals surface area contributed by atoms with Crippen molar-refractivity contribution in [3.8, 4) is 5.75 Å². The van der Waals surface area contributed by atoms with Crippen LogP contribution in [0.1, 0.15) is 64.8 Å². The van der Waals surface area contributed by atoms with E-state index in [0.29, 0.717) is 6.04 Å². The Balaban J connectivity index is 1.60. The summed E-state index contributed by atoms with van der Waals surface area (Å²) in [5, 5.41) is 14.7. The number of hydrogen-bond acceptors (Lipinski definition) is 3. The third-order valence-electron chi connectivity index (χ3n) is 5.03. The van der Waals surface area contributed by atoms with Crippen LogP contribution in [-0.4, -0.2) is 27.1 Å². The molecule has 118 valence electrons. The van der Waals surface area contributed by atoms with Gasteiger partial charge in [-0.2, -0.15) is 5.10 Å². The SMILES string of the molecule is CC(C)n1cc(O[C@@H]2CCC[C@@H]3C[C@H]3CCC[C@H]2O)cn1. The van der Waals surface area contributed by atoms with Crippen LogP contribution in [0.4, 0.5) is 0 Å². The number of hydrogen-bond donors (Lipinski definition) is 1. The summed E-state index contributed by atoms with van der Waals surface area (Å²) in [5.41, 5.74) is 0. The fourth-order valence-corrected chi connectivity index (χ4v) is 3.54. The van der Waals surface area contributed by atoms with Crippen molar-refractivity contribution in [2.24, 2.45) is 11.8 Å². The van der Waals surface area contributed by atoms with Crippen LogP contribution in [0.25, 0.3) is 0 Å². The van der Waals surface area contributed by atoms with E-state index in [0.717, 1.165) is 36.8 Å². The van der Waals surface area contributed by atoms with Crippen LogP contribution in [0.3, 0.4) is 0 Å². The van der Waals surface area contributed by atoms with Gasteiger partial charge in [-0.3, -0.25) is 4.68 Å². The van der Waals surface area contributed by atoms with Gasteiger partial charge in [-0.05, 0) is 51.4 Å². The standard InChI is InChI=1S/C17H28N2O2/c1-12(2)19-11-15(10-18-19)21-17-8-4-6-14-9-13(14)5-3-7-16(17)20/h10-14,16-17,20H,3-9H2,1-2H3/t13-,14-,16-,17-/m1/s1. The molecule has 21 heavy (non-hydrogen) atoms. The summed E-state index contributed by atoms with van der Waals surface area (Å²) >= 11 is 0. The molecule has 1 N–H and O–H groups in total.